The normalized spacial score (nSPS) is 18.0. The average molecular weight is 443 g/mol. The standard InChI is InChI=1S/C22H26N4O2S2/c1-16-5-8-29-21(16)12-25-10-20(28-14-18-3-6-23-7-4-18)11-26(22(27)13-25)9-19-15-30-17(2)24-19/h3-8,15,20H,9-14H2,1-2H3/t20-/m1/s1. The molecule has 30 heavy (non-hydrogen) atoms. The molecule has 1 aliphatic rings. The maximum Gasteiger partial charge on any atom is 0.237 e. The predicted octanol–water partition coefficient (Wildman–Crippen LogP) is 3.65. The average Bonchev–Trinajstić information content (AvgIpc) is 3.29. The third-order valence-corrected chi connectivity index (χ3v) is 7.02. The fourth-order valence-electron chi connectivity index (χ4n) is 3.57. The third-order valence-electron chi connectivity index (χ3n) is 5.19. The highest BCUT2D eigenvalue weighted by Gasteiger charge is 2.29. The van der Waals surface area contributed by atoms with Crippen LogP contribution in [0, 0.1) is 13.8 Å². The van der Waals surface area contributed by atoms with Gasteiger partial charge in [-0.05, 0) is 48.6 Å². The number of ether oxygens (including phenoxy) is 1. The molecule has 6 nitrogen and oxygen atoms in total. The Bertz CT molecular complexity index is 972. The lowest BCUT2D eigenvalue weighted by atomic mass is 10.2. The van der Waals surface area contributed by atoms with Crippen LogP contribution in [0.4, 0.5) is 0 Å². The number of carbonyl (C=O) groups excluding carboxylic acids is 1. The number of amides is 1. The van der Waals surface area contributed by atoms with Crippen LogP contribution in [0.15, 0.2) is 41.4 Å². The molecule has 1 saturated heterocycles. The first-order chi connectivity index (χ1) is 14.6. The van der Waals surface area contributed by atoms with Gasteiger partial charge < -0.3 is 9.64 Å². The second-order valence-corrected chi connectivity index (χ2v) is 9.68. The Morgan fingerprint density at radius 2 is 1.97 bits per heavy atom. The second kappa shape index (κ2) is 9.78. The molecule has 1 atom stereocenters. The van der Waals surface area contributed by atoms with Gasteiger partial charge in [-0.25, -0.2) is 4.98 Å². The number of carbonyl (C=O) groups is 1. The molecular formula is C22H26N4O2S2. The SMILES string of the molecule is Cc1nc(CN2C[C@H](OCc3ccncc3)CN(Cc3sccc3C)CC2=O)cs1. The van der Waals surface area contributed by atoms with E-state index in [1.165, 1.54) is 10.4 Å². The van der Waals surface area contributed by atoms with Gasteiger partial charge in [-0.1, -0.05) is 0 Å². The minimum absolute atomic E-state index is 0.0652. The van der Waals surface area contributed by atoms with Crippen LogP contribution in [0.2, 0.25) is 0 Å². The Labute approximate surface area is 185 Å². The van der Waals surface area contributed by atoms with Gasteiger partial charge in [-0.15, -0.1) is 22.7 Å². The summed E-state index contributed by atoms with van der Waals surface area (Å²) in [5, 5.41) is 5.17. The summed E-state index contributed by atoms with van der Waals surface area (Å²) >= 11 is 3.36. The van der Waals surface area contributed by atoms with E-state index in [4.69, 9.17) is 4.74 Å². The molecule has 0 saturated carbocycles. The van der Waals surface area contributed by atoms with Crippen molar-refractivity contribution in [2.24, 2.45) is 0 Å². The predicted molar refractivity (Wildman–Crippen MR) is 119 cm³/mol. The molecule has 1 aliphatic heterocycles. The number of pyridine rings is 1. The van der Waals surface area contributed by atoms with Crippen LogP contribution in [0.1, 0.15) is 26.7 Å². The van der Waals surface area contributed by atoms with Gasteiger partial charge in [-0.3, -0.25) is 14.7 Å². The summed E-state index contributed by atoms with van der Waals surface area (Å²) in [5.41, 5.74) is 3.31. The van der Waals surface area contributed by atoms with E-state index >= 15 is 0 Å². The van der Waals surface area contributed by atoms with Crippen LogP contribution >= 0.6 is 22.7 Å². The highest BCUT2D eigenvalue weighted by atomic mass is 32.1. The molecule has 0 aromatic carbocycles. The van der Waals surface area contributed by atoms with Crippen molar-refractivity contribution < 1.29 is 9.53 Å². The van der Waals surface area contributed by atoms with Crippen LogP contribution < -0.4 is 0 Å². The molecule has 1 fully saturated rings. The number of hydrogen-bond acceptors (Lipinski definition) is 7. The summed E-state index contributed by atoms with van der Waals surface area (Å²) in [5.74, 6) is 0.130. The summed E-state index contributed by atoms with van der Waals surface area (Å²) < 4.78 is 6.27. The molecule has 0 radical (unpaired) electrons. The van der Waals surface area contributed by atoms with E-state index in [1.807, 2.05) is 29.3 Å². The van der Waals surface area contributed by atoms with Crippen LogP contribution in [0.3, 0.4) is 0 Å². The fourth-order valence-corrected chi connectivity index (χ4v) is 5.12. The molecule has 0 unspecified atom stereocenters. The monoisotopic (exact) mass is 442 g/mol. The van der Waals surface area contributed by atoms with Crippen LogP contribution in [-0.2, 0) is 29.2 Å². The highest BCUT2D eigenvalue weighted by molar-refractivity contribution is 7.10. The Kier molecular flexibility index (Phi) is 6.89. The van der Waals surface area contributed by atoms with E-state index in [1.54, 1.807) is 35.1 Å². The van der Waals surface area contributed by atoms with Crippen molar-refractivity contribution in [3.05, 3.63) is 68.1 Å². The van der Waals surface area contributed by atoms with Crippen LogP contribution in [0.5, 0.6) is 0 Å². The molecular weight excluding hydrogens is 416 g/mol. The lowest BCUT2D eigenvalue weighted by Crippen LogP contribution is -2.37. The number of thiazole rings is 1. The van der Waals surface area contributed by atoms with Crippen molar-refractivity contribution in [3.63, 3.8) is 0 Å². The van der Waals surface area contributed by atoms with Crippen molar-refractivity contribution in [1.82, 2.24) is 19.8 Å². The van der Waals surface area contributed by atoms with Crippen molar-refractivity contribution in [2.75, 3.05) is 19.6 Å². The van der Waals surface area contributed by atoms with Gasteiger partial charge in [0.05, 0.1) is 36.5 Å². The first-order valence-electron chi connectivity index (χ1n) is 10.0. The molecule has 8 heteroatoms. The van der Waals surface area contributed by atoms with Gasteiger partial charge in [0.1, 0.15) is 0 Å². The molecule has 3 aromatic rings. The van der Waals surface area contributed by atoms with E-state index < -0.39 is 0 Å². The molecule has 4 heterocycles. The van der Waals surface area contributed by atoms with Crippen LogP contribution in [-0.4, -0.2) is 51.4 Å². The van der Waals surface area contributed by atoms with Gasteiger partial charge in [0, 0.05) is 42.3 Å². The van der Waals surface area contributed by atoms with E-state index in [9.17, 15) is 4.79 Å². The maximum absolute atomic E-state index is 13.1. The third kappa shape index (κ3) is 5.51. The van der Waals surface area contributed by atoms with E-state index in [0.717, 1.165) is 29.4 Å². The molecule has 1 amide bonds. The number of hydrogen-bond donors (Lipinski definition) is 0. The number of nitrogens with zero attached hydrogens (tertiary/aromatic N) is 4. The van der Waals surface area contributed by atoms with E-state index in [0.29, 0.717) is 26.2 Å². The Morgan fingerprint density at radius 1 is 1.13 bits per heavy atom. The fraction of sp³-hybridized carbons (Fsp3) is 0.409. The minimum atomic E-state index is -0.0652. The van der Waals surface area contributed by atoms with Gasteiger partial charge in [0.2, 0.25) is 5.91 Å². The van der Waals surface area contributed by atoms with Gasteiger partial charge in [0.15, 0.2) is 0 Å². The van der Waals surface area contributed by atoms with Crippen LogP contribution in [0.25, 0.3) is 0 Å². The second-order valence-electron chi connectivity index (χ2n) is 7.62. The lowest BCUT2D eigenvalue weighted by molar-refractivity contribution is -0.132. The van der Waals surface area contributed by atoms with Crippen molar-refractivity contribution >= 4 is 28.6 Å². The first-order valence-corrected chi connectivity index (χ1v) is 11.8. The molecule has 3 aromatic heterocycles. The molecule has 4 rings (SSSR count). The zero-order valence-electron chi connectivity index (χ0n) is 17.3. The van der Waals surface area contributed by atoms with Gasteiger partial charge in [0.25, 0.3) is 0 Å². The zero-order valence-corrected chi connectivity index (χ0v) is 18.9. The number of aromatic nitrogens is 2. The summed E-state index contributed by atoms with van der Waals surface area (Å²) in [7, 11) is 0. The summed E-state index contributed by atoms with van der Waals surface area (Å²) in [6.45, 7) is 7.62. The minimum Gasteiger partial charge on any atom is -0.370 e. The number of thiophene rings is 1. The quantitative estimate of drug-likeness (QED) is 0.559. The van der Waals surface area contributed by atoms with Gasteiger partial charge >= 0.3 is 0 Å². The first kappa shape index (κ1) is 21.1. The zero-order chi connectivity index (χ0) is 20.9. The summed E-state index contributed by atoms with van der Waals surface area (Å²) in [6, 6.07) is 6.06. The number of aryl methyl sites for hydroxylation is 2. The topological polar surface area (TPSA) is 58.6 Å². The largest absolute Gasteiger partial charge is 0.370 e. The molecule has 0 aliphatic carbocycles. The molecule has 158 valence electrons. The van der Waals surface area contributed by atoms with Crippen molar-refractivity contribution in [1.29, 1.82) is 0 Å². The summed E-state index contributed by atoms with van der Waals surface area (Å²) in [4.78, 5) is 27.1. The Balaban J connectivity index is 1.48. The smallest absolute Gasteiger partial charge is 0.237 e. The number of rotatable bonds is 7. The molecule has 0 spiro atoms. The van der Waals surface area contributed by atoms with Gasteiger partial charge in [-0.2, -0.15) is 0 Å². The van der Waals surface area contributed by atoms with Crippen molar-refractivity contribution in [2.45, 2.75) is 39.6 Å². The van der Waals surface area contributed by atoms with E-state index in [-0.39, 0.29) is 12.0 Å². The van der Waals surface area contributed by atoms with Crippen molar-refractivity contribution in [3.8, 4) is 0 Å². The lowest BCUT2D eigenvalue weighted by Gasteiger charge is -2.24. The Morgan fingerprint density at radius 3 is 2.67 bits per heavy atom. The highest BCUT2D eigenvalue weighted by Crippen LogP contribution is 2.21. The Hall–Kier alpha value is -2.13. The van der Waals surface area contributed by atoms with E-state index in [2.05, 4.69) is 33.2 Å². The summed E-state index contributed by atoms with van der Waals surface area (Å²) in [6.07, 6.45) is 3.49. The maximum atomic E-state index is 13.1. The molecule has 0 bridgehead atoms. The molecule has 0 N–H and O–H groups in total.